The van der Waals surface area contributed by atoms with Crippen molar-refractivity contribution in [3.05, 3.63) is 97.1 Å². The first kappa shape index (κ1) is 14.5. The topological polar surface area (TPSA) is 4.93 Å². The van der Waals surface area contributed by atoms with E-state index in [1.165, 1.54) is 33.1 Å². The summed E-state index contributed by atoms with van der Waals surface area (Å²) in [6.07, 6.45) is 3.98. The van der Waals surface area contributed by atoms with Crippen LogP contribution >= 0.6 is 0 Å². The second kappa shape index (κ2) is 5.86. The zero-order chi connectivity index (χ0) is 16.5. The second-order valence-corrected chi connectivity index (χ2v) is 5.86. The third-order valence-electron chi connectivity index (χ3n) is 4.57. The van der Waals surface area contributed by atoms with Gasteiger partial charge in [0, 0.05) is 16.5 Å². The quantitative estimate of drug-likeness (QED) is 0.387. The molecule has 1 heteroatoms. The highest BCUT2D eigenvalue weighted by atomic mass is 15.0. The Morgan fingerprint density at radius 1 is 0.792 bits per heavy atom. The normalized spacial score (nSPS) is 12.0. The van der Waals surface area contributed by atoms with Crippen LogP contribution in [0.2, 0.25) is 0 Å². The van der Waals surface area contributed by atoms with E-state index < -0.39 is 0 Å². The smallest absolute Gasteiger partial charge is 0.0541 e. The number of benzene rings is 3. The average molecular weight is 309 g/mol. The van der Waals surface area contributed by atoms with Crippen molar-refractivity contribution in [1.82, 2.24) is 4.57 Å². The van der Waals surface area contributed by atoms with E-state index in [0.29, 0.717) is 0 Å². The van der Waals surface area contributed by atoms with Crippen molar-refractivity contribution >= 4 is 27.4 Å². The molecule has 0 fully saturated rings. The number of allylic oxidation sites excluding steroid dienone is 3. The summed E-state index contributed by atoms with van der Waals surface area (Å²) in [4.78, 5) is 0. The standard InChI is InChI=1S/C23H19N/c1-3-17(4-2)18-13-15-19(16-14-18)24-22-11-7-5-9-20(22)21-10-6-8-12-23(21)24/h3-16H,1H2,2H3. The molecule has 0 bridgehead atoms. The Balaban J connectivity index is 1.97. The number of hydrogen-bond acceptors (Lipinski definition) is 0. The molecule has 116 valence electrons. The van der Waals surface area contributed by atoms with Crippen molar-refractivity contribution in [2.75, 3.05) is 0 Å². The van der Waals surface area contributed by atoms with Gasteiger partial charge in [-0.2, -0.15) is 0 Å². The van der Waals surface area contributed by atoms with E-state index in [2.05, 4.69) is 90.0 Å². The second-order valence-electron chi connectivity index (χ2n) is 5.86. The molecule has 1 nitrogen and oxygen atoms in total. The lowest BCUT2D eigenvalue weighted by Crippen LogP contribution is -1.94. The molecule has 1 aromatic heterocycles. The van der Waals surface area contributed by atoms with Crippen LogP contribution in [0.1, 0.15) is 12.5 Å². The lowest BCUT2D eigenvalue weighted by molar-refractivity contribution is 1.18. The predicted molar refractivity (Wildman–Crippen MR) is 105 cm³/mol. The molecule has 0 aliphatic carbocycles. The lowest BCUT2D eigenvalue weighted by Gasteiger charge is -2.09. The number of para-hydroxylation sites is 2. The van der Waals surface area contributed by atoms with Crippen molar-refractivity contribution in [2.45, 2.75) is 6.92 Å². The van der Waals surface area contributed by atoms with E-state index in [1.54, 1.807) is 0 Å². The summed E-state index contributed by atoms with van der Waals surface area (Å²) in [6, 6.07) is 25.8. The van der Waals surface area contributed by atoms with Gasteiger partial charge in [0.1, 0.15) is 0 Å². The van der Waals surface area contributed by atoms with Crippen molar-refractivity contribution in [1.29, 1.82) is 0 Å². The average Bonchev–Trinajstić information content (AvgIpc) is 2.98. The molecule has 24 heavy (non-hydrogen) atoms. The first-order valence-electron chi connectivity index (χ1n) is 8.21. The minimum absolute atomic E-state index is 1.16. The van der Waals surface area contributed by atoms with Crippen LogP contribution in [-0.4, -0.2) is 4.57 Å². The van der Waals surface area contributed by atoms with Crippen LogP contribution < -0.4 is 0 Å². The minimum atomic E-state index is 1.16. The molecule has 1 heterocycles. The van der Waals surface area contributed by atoms with Crippen molar-refractivity contribution in [3.63, 3.8) is 0 Å². The van der Waals surface area contributed by atoms with Gasteiger partial charge >= 0.3 is 0 Å². The number of hydrogen-bond donors (Lipinski definition) is 0. The summed E-state index contributed by atoms with van der Waals surface area (Å²) in [5, 5.41) is 2.58. The zero-order valence-corrected chi connectivity index (χ0v) is 13.7. The molecular weight excluding hydrogens is 290 g/mol. The van der Waals surface area contributed by atoms with Gasteiger partial charge in [-0.15, -0.1) is 0 Å². The fourth-order valence-corrected chi connectivity index (χ4v) is 3.41. The summed E-state index contributed by atoms with van der Waals surface area (Å²) in [7, 11) is 0. The van der Waals surface area contributed by atoms with Gasteiger partial charge < -0.3 is 4.57 Å². The molecule has 0 amide bonds. The zero-order valence-electron chi connectivity index (χ0n) is 13.7. The van der Waals surface area contributed by atoms with E-state index in [9.17, 15) is 0 Å². The van der Waals surface area contributed by atoms with E-state index in [0.717, 1.165) is 5.57 Å². The number of nitrogens with zero attached hydrogens (tertiary/aromatic N) is 1. The Morgan fingerprint density at radius 2 is 1.33 bits per heavy atom. The summed E-state index contributed by atoms with van der Waals surface area (Å²) in [6.45, 7) is 5.93. The summed E-state index contributed by atoms with van der Waals surface area (Å²) < 4.78 is 2.33. The molecule has 4 rings (SSSR count). The maximum atomic E-state index is 3.89. The maximum Gasteiger partial charge on any atom is 0.0541 e. The molecule has 4 aromatic rings. The van der Waals surface area contributed by atoms with Gasteiger partial charge in [-0.25, -0.2) is 0 Å². The van der Waals surface area contributed by atoms with Gasteiger partial charge in [0.2, 0.25) is 0 Å². The van der Waals surface area contributed by atoms with Gasteiger partial charge in [-0.1, -0.05) is 67.3 Å². The molecule has 0 saturated carbocycles. The SMILES string of the molecule is C=CC(=CC)c1ccc(-n2c3ccccc3c3ccccc32)cc1. The van der Waals surface area contributed by atoms with Crippen molar-refractivity contribution in [3.8, 4) is 5.69 Å². The van der Waals surface area contributed by atoms with Crippen LogP contribution in [-0.2, 0) is 0 Å². The van der Waals surface area contributed by atoms with Crippen LogP contribution in [0.3, 0.4) is 0 Å². The minimum Gasteiger partial charge on any atom is -0.309 e. The predicted octanol–water partition coefficient (Wildman–Crippen LogP) is 6.37. The van der Waals surface area contributed by atoms with E-state index in [-0.39, 0.29) is 0 Å². The molecule has 0 unspecified atom stereocenters. The third-order valence-corrected chi connectivity index (χ3v) is 4.57. The van der Waals surface area contributed by atoms with Crippen molar-refractivity contribution in [2.24, 2.45) is 0 Å². The molecular formula is C23H19N. The number of aromatic nitrogens is 1. The maximum absolute atomic E-state index is 3.89. The fourth-order valence-electron chi connectivity index (χ4n) is 3.41. The fraction of sp³-hybridized carbons (Fsp3) is 0.0435. The van der Waals surface area contributed by atoms with Gasteiger partial charge in [0.15, 0.2) is 0 Å². The van der Waals surface area contributed by atoms with E-state index in [1.807, 2.05) is 13.0 Å². The van der Waals surface area contributed by atoms with Crippen LogP contribution in [0.25, 0.3) is 33.1 Å². The highest BCUT2D eigenvalue weighted by Gasteiger charge is 2.11. The Bertz CT molecular complexity index is 1010. The monoisotopic (exact) mass is 309 g/mol. The first-order valence-corrected chi connectivity index (χ1v) is 8.21. The Morgan fingerprint density at radius 3 is 1.83 bits per heavy atom. The first-order chi connectivity index (χ1) is 11.8. The summed E-state index contributed by atoms with van der Waals surface area (Å²) in [5.41, 5.74) is 6.00. The molecule has 0 atom stereocenters. The lowest BCUT2D eigenvalue weighted by atomic mass is 10.1. The summed E-state index contributed by atoms with van der Waals surface area (Å²) in [5.74, 6) is 0. The Kier molecular flexibility index (Phi) is 3.55. The van der Waals surface area contributed by atoms with Crippen LogP contribution in [0.15, 0.2) is 91.5 Å². The van der Waals surface area contributed by atoms with Crippen molar-refractivity contribution < 1.29 is 0 Å². The Labute approximate surface area is 142 Å². The summed E-state index contributed by atoms with van der Waals surface area (Å²) >= 11 is 0. The van der Waals surface area contributed by atoms with Gasteiger partial charge in [0.05, 0.1) is 11.0 Å². The number of rotatable bonds is 3. The third kappa shape index (κ3) is 2.17. The molecule has 0 N–H and O–H groups in total. The Hall–Kier alpha value is -3.06. The van der Waals surface area contributed by atoms with Crippen LogP contribution in [0.4, 0.5) is 0 Å². The van der Waals surface area contributed by atoms with Gasteiger partial charge in [-0.05, 0) is 42.3 Å². The van der Waals surface area contributed by atoms with E-state index in [4.69, 9.17) is 0 Å². The highest BCUT2D eigenvalue weighted by molar-refractivity contribution is 6.09. The highest BCUT2D eigenvalue weighted by Crippen LogP contribution is 2.32. The molecule has 0 aliphatic rings. The molecule has 3 aromatic carbocycles. The largest absolute Gasteiger partial charge is 0.309 e. The number of fused-ring (bicyclic) bond motifs is 3. The molecule has 0 saturated heterocycles. The molecule has 0 aliphatic heterocycles. The molecule has 0 spiro atoms. The van der Waals surface area contributed by atoms with Gasteiger partial charge in [0.25, 0.3) is 0 Å². The van der Waals surface area contributed by atoms with Crippen LogP contribution in [0, 0.1) is 0 Å². The van der Waals surface area contributed by atoms with Crippen LogP contribution in [0.5, 0.6) is 0 Å². The van der Waals surface area contributed by atoms with Gasteiger partial charge in [-0.3, -0.25) is 0 Å². The van der Waals surface area contributed by atoms with E-state index >= 15 is 0 Å². The molecule has 0 radical (unpaired) electrons.